The summed E-state index contributed by atoms with van der Waals surface area (Å²) in [5, 5.41) is 14.4. The van der Waals surface area contributed by atoms with Crippen molar-refractivity contribution in [1.29, 1.82) is 0 Å². The summed E-state index contributed by atoms with van der Waals surface area (Å²) in [6.45, 7) is 7.95. The van der Waals surface area contributed by atoms with Crippen LogP contribution in [0.5, 0.6) is 0 Å². The third kappa shape index (κ3) is 3.35. The first-order valence-electron chi connectivity index (χ1n) is 7.31. The van der Waals surface area contributed by atoms with E-state index in [9.17, 15) is 10.1 Å². The van der Waals surface area contributed by atoms with Crippen molar-refractivity contribution in [3.63, 3.8) is 0 Å². The van der Waals surface area contributed by atoms with Crippen LogP contribution in [0.3, 0.4) is 0 Å². The minimum Gasteiger partial charge on any atom is -0.315 e. The van der Waals surface area contributed by atoms with E-state index in [1.165, 1.54) is 0 Å². The highest BCUT2D eigenvalue weighted by Crippen LogP contribution is 2.23. The molecule has 110 valence electrons. The molecule has 1 atom stereocenters. The van der Waals surface area contributed by atoms with Gasteiger partial charge in [0.25, 0.3) is 5.69 Å². The number of nitrogens with one attached hydrogen (secondary N) is 1. The summed E-state index contributed by atoms with van der Waals surface area (Å²) in [5.74, 6) is 0. The number of hydrogen-bond donors (Lipinski definition) is 1. The van der Waals surface area contributed by atoms with Crippen molar-refractivity contribution in [1.82, 2.24) is 10.2 Å². The molecule has 2 rings (SSSR count). The van der Waals surface area contributed by atoms with Gasteiger partial charge in [0, 0.05) is 30.8 Å². The first-order valence-corrected chi connectivity index (χ1v) is 7.31. The van der Waals surface area contributed by atoms with Crippen molar-refractivity contribution in [3.8, 4) is 0 Å². The second-order valence-corrected chi connectivity index (χ2v) is 5.44. The van der Waals surface area contributed by atoms with Gasteiger partial charge in [-0.25, -0.2) is 0 Å². The van der Waals surface area contributed by atoms with Crippen molar-refractivity contribution in [2.24, 2.45) is 0 Å². The largest absolute Gasteiger partial charge is 0.315 e. The Labute approximate surface area is 120 Å². The van der Waals surface area contributed by atoms with E-state index in [0.29, 0.717) is 6.04 Å². The summed E-state index contributed by atoms with van der Waals surface area (Å²) in [6, 6.07) is 5.93. The molecule has 1 saturated heterocycles. The number of nitro benzene ring substituents is 1. The molecule has 20 heavy (non-hydrogen) atoms. The smallest absolute Gasteiger partial charge is 0.272 e. The van der Waals surface area contributed by atoms with Crippen LogP contribution in [0.4, 0.5) is 5.69 Å². The van der Waals surface area contributed by atoms with E-state index in [1.54, 1.807) is 12.1 Å². The maximum absolute atomic E-state index is 11.0. The first kappa shape index (κ1) is 14.9. The quantitative estimate of drug-likeness (QED) is 0.641. The number of rotatable bonds is 6. The van der Waals surface area contributed by atoms with Gasteiger partial charge in [0.2, 0.25) is 0 Å². The third-order valence-electron chi connectivity index (χ3n) is 4.05. The second kappa shape index (κ2) is 6.81. The Hall–Kier alpha value is -1.46. The van der Waals surface area contributed by atoms with Gasteiger partial charge in [-0.05, 0) is 38.4 Å². The highest BCUT2D eigenvalue weighted by Gasteiger charge is 2.23. The fourth-order valence-electron chi connectivity index (χ4n) is 2.89. The zero-order valence-corrected chi connectivity index (χ0v) is 12.3. The van der Waals surface area contributed by atoms with Crippen molar-refractivity contribution < 1.29 is 4.92 Å². The van der Waals surface area contributed by atoms with E-state index in [2.05, 4.69) is 17.1 Å². The minimum absolute atomic E-state index is 0.225. The van der Waals surface area contributed by atoms with Crippen LogP contribution in [0.25, 0.3) is 0 Å². The Morgan fingerprint density at radius 1 is 1.50 bits per heavy atom. The Morgan fingerprint density at radius 2 is 2.30 bits per heavy atom. The molecule has 1 unspecified atom stereocenters. The van der Waals surface area contributed by atoms with E-state index < -0.39 is 0 Å². The summed E-state index contributed by atoms with van der Waals surface area (Å²) in [4.78, 5) is 13.2. The monoisotopic (exact) mass is 277 g/mol. The summed E-state index contributed by atoms with van der Waals surface area (Å²) >= 11 is 0. The number of nitro groups is 1. The Morgan fingerprint density at radius 3 is 2.90 bits per heavy atom. The Balaban J connectivity index is 2.17. The van der Waals surface area contributed by atoms with Crippen LogP contribution < -0.4 is 5.32 Å². The maximum atomic E-state index is 11.0. The Bertz CT molecular complexity index is 470. The summed E-state index contributed by atoms with van der Waals surface area (Å²) in [5.41, 5.74) is 2.09. The van der Waals surface area contributed by atoms with Gasteiger partial charge in [-0.2, -0.15) is 0 Å². The molecule has 5 nitrogen and oxygen atoms in total. The van der Waals surface area contributed by atoms with E-state index in [-0.39, 0.29) is 10.6 Å². The molecule has 0 bridgehead atoms. The summed E-state index contributed by atoms with van der Waals surface area (Å²) in [7, 11) is 0. The van der Waals surface area contributed by atoms with Crippen LogP contribution in [0, 0.1) is 17.0 Å². The SMILES string of the molecule is CCCN(Cc1cccc([N+](=O)[O-])c1C)C1CCNC1. The van der Waals surface area contributed by atoms with Gasteiger partial charge in [-0.1, -0.05) is 19.1 Å². The molecule has 1 heterocycles. The first-order chi connectivity index (χ1) is 9.63. The molecule has 0 spiro atoms. The molecule has 0 saturated carbocycles. The zero-order chi connectivity index (χ0) is 14.5. The average Bonchev–Trinajstić information content (AvgIpc) is 2.94. The number of nitrogens with zero attached hydrogens (tertiary/aromatic N) is 2. The second-order valence-electron chi connectivity index (χ2n) is 5.44. The van der Waals surface area contributed by atoms with Gasteiger partial charge >= 0.3 is 0 Å². The van der Waals surface area contributed by atoms with Crippen LogP contribution in [-0.2, 0) is 6.54 Å². The normalized spacial score (nSPS) is 18.6. The standard InChI is InChI=1S/C15H23N3O2/c1-3-9-17(14-7-8-16-10-14)11-13-5-4-6-15(12(13)2)18(19)20/h4-6,14,16H,3,7-11H2,1-2H3. The predicted molar refractivity (Wildman–Crippen MR) is 79.8 cm³/mol. The molecule has 0 aliphatic carbocycles. The highest BCUT2D eigenvalue weighted by molar-refractivity contribution is 5.44. The molecular formula is C15H23N3O2. The van der Waals surface area contributed by atoms with Gasteiger partial charge in [0.15, 0.2) is 0 Å². The van der Waals surface area contributed by atoms with Gasteiger partial charge < -0.3 is 5.32 Å². The van der Waals surface area contributed by atoms with Gasteiger partial charge in [0.1, 0.15) is 0 Å². The topological polar surface area (TPSA) is 58.4 Å². The van der Waals surface area contributed by atoms with Crippen LogP contribution in [0.15, 0.2) is 18.2 Å². The van der Waals surface area contributed by atoms with Crippen molar-refractivity contribution in [3.05, 3.63) is 39.4 Å². The minimum atomic E-state index is -0.292. The van der Waals surface area contributed by atoms with Crippen molar-refractivity contribution in [2.45, 2.75) is 39.3 Å². The van der Waals surface area contributed by atoms with Gasteiger partial charge in [-0.15, -0.1) is 0 Å². The van der Waals surface area contributed by atoms with Gasteiger partial charge in [0.05, 0.1) is 4.92 Å². The fraction of sp³-hybridized carbons (Fsp3) is 0.600. The summed E-state index contributed by atoms with van der Waals surface area (Å²) < 4.78 is 0. The highest BCUT2D eigenvalue weighted by atomic mass is 16.6. The molecule has 1 fully saturated rings. The van der Waals surface area contributed by atoms with E-state index in [1.807, 2.05) is 13.0 Å². The molecule has 1 N–H and O–H groups in total. The molecule has 1 aromatic rings. The lowest BCUT2D eigenvalue weighted by molar-refractivity contribution is -0.385. The lowest BCUT2D eigenvalue weighted by Gasteiger charge is -2.28. The maximum Gasteiger partial charge on any atom is 0.272 e. The molecule has 0 radical (unpaired) electrons. The summed E-state index contributed by atoms with van der Waals surface area (Å²) in [6.07, 6.45) is 2.26. The molecular weight excluding hydrogens is 254 g/mol. The van der Waals surface area contributed by atoms with E-state index in [0.717, 1.165) is 50.1 Å². The fourth-order valence-corrected chi connectivity index (χ4v) is 2.89. The molecule has 5 heteroatoms. The van der Waals surface area contributed by atoms with E-state index in [4.69, 9.17) is 0 Å². The van der Waals surface area contributed by atoms with Crippen molar-refractivity contribution in [2.75, 3.05) is 19.6 Å². The van der Waals surface area contributed by atoms with E-state index >= 15 is 0 Å². The van der Waals surface area contributed by atoms with Gasteiger partial charge in [-0.3, -0.25) is 15.0 Å². The van der Waals surface area contributed by atoms with Crippen LogP contribution in [0.1, 0.15) is 30.9 Å². The zero-order valence-electron chi connectivity index (χ0n) is 12.3. The number of hydrogen-bond acceptors (Lipinski definition) is 4. The Kier molecular flexibility index (Phi) is 5.09. The van der Waals surface area contributed by atoms with Crippen LogP contribution in [-0.4, -0.2) is 35.5 Å². The number of benzene rings is 1. The van der Waals surface area contributed by atoms with Crippen LogP contribution >= 0.6 is 0 Å². The predicted octanol–water partition coefficient (Wildman–Crippen LogP) is 2.48. The molecule has 1 aromatic carbocycles. The third-order valence-corrected chi connectivity index (χ3v) is 4.05. The molecule has 0 aromatic heterocycles. The average molecular weight is 277 g/mol. The van der Waals surface area contributed by atoms with Crippen molar-refractivity contribution >= 4 is 5.69 Å². The van der Waals surface area contributed by atoms with Crippen LogP contribution in [0.2, 0.25) is 0 Å². The molecule has 0 amide bonds. The lowest BCUT2D eigenvalue weighted by atomic mass is 10.0. The molecule has 1 aliphatic heterocycles. The molecule has 1 aliphatic rings. The lowest BCUT2D eigenvalue weighted by Crippen LogP contribution is -2.37.